The minimum absolute atomic E-state index is 0.437. The Kier molecular flexibility index (Phi) is 7.31. The Morgan fingerprint density at radius 1 is 1.05 bits per heavy atom. The summed E-state index contributed by atoms with van der Waals surface area (Å²) in [6, 6.07) is 14.5. The normalized spacial score (nSPS) is 14.0. The molecule has 1 aliphatic rings. The van der Waals surface area contributed by atoms with Gasteiger partial charge in [-0.3, -0.25) is 4.98 Å². The molecule has 0 amide bonds. The fraction of sp³-hybridized carbons (Fsp3) is 0.333. The van der Waals surface area contributed by atoms with Gasteiger partial charge in [-0.05, 0) is 72.0 Å². The van der Waals surface area contributed by atoms with Crippen LogP contribution in [0.25, 0.3) is 32.8 Å². The van der Waals surface area contributed by atoms with Crippen LogP contribution in [-0.4, -0.2) is 30.3 Å². The number of hydrogen-bond acceptors (Lipinski definition) is 5. The maximum absolute atomic E-state index is 13.4. The van der Waals surface area contributed by atoms with Gasteiger partial charge in [-0.2, -0.15) is 0 Å². The van der Waals surface area contributed by atoms with Crippen molar-refractivity contribution in [3.63, 3.8) is 0 Å². The van der Waals surface area contributed by atoms with Crippen LogP contribution >= 0.6 is 31.9 Å². The van der Waals surface area contributed by atoms with Gasteiger partial charge in [-0.15, -0.1) is 0 Å². The fourth-order valence-corrected chi connectivity index (χ4v) is 6.54. The number of carbonyl (C=O) groups excluding carboxylic acids is 1. The summed E-state index contributed by atoms with van der Waals surface area (Å²) in [6.07, 6.45) is 1.76. The van der Waals surface area contributed by atoms with E-state index in [1.54, 1.807) is 0 Å². The summed E-state index contributed by atoms with van der Waals surface area (Å²) in [5.41, 5.74) is 6.25. The zero-order valence-electron chi connectivity index (χ0n) is 21.4. The van der Waals surface area contributed by atoms with Crippen LogP contribution in [0, 0.1) is 0 Å². The molecule has 192 valence electrons. The molecule has 0 aliphatic carbocycles. The molecule has 0 fully saturated rings. The van der Waals surface area contributed by atoms with E-state index in [0.717, 1.165) is 61.7 Å². The topological polar surface area (TPSA) is 57.7 Å². The van der Waals surface area contributed by atoms with Crippen molar-refractivity contribution in [1.82, 2.24) is 4.98 Å². The minimum atomic E-state index is -0.933. The lowest BCUT2D eigenvalue weighted by atomic mass is 9.83. The first-order valence-corrected chi connectivity index (χ1v) is 14.5. The predicted octanol–water partition coefficient (Wildman–Crippen LogP) is 7.81. The highest BCUT2D eigenvalue weighted by atomic mass is 79.9. The Balaban J connectivity index is 1.97. The Bertz CT molecular complexity index is 1500. The number of esters is 1. The number of pyridine rings is 1. The second-order valence-electron chi connectivity index (χ2n) is 10.1. The van der Waals surface area contributed by atoms with Gasteiger partial charge in [0.25, 0.3) is 0 Å². The van der Waals surface area contributed by atoms with Gasteiger partial charge in [0, 0.05) is 39.8 Å². The highest BCUT2D eigenvalue weighted by Crippen LogP contribution is 2.47. The Labute approximate surface area is 233 Å². The van der Waals surface area contributed by atoms with Gasteiger partial charge in [-0.1, -0.05) is 56.1 Å². The predicted molar refractivity (Wildman–Crippen MR) is 155 cm³/mol. The molecular formula is C30H29Br2NO4. The van der Waals surface area contributed by atoms with Crippen molar-refractivity contribution < 1.29 is 19.0 Å². The molecular weight excluding hydrogens is 598 g/mol. The first kappa shape index (κ1) is 26.1. The fourth-order valence-electron chi connectivity index (χ4n) is 5.26. The van der Waals surface area contributed by atoms with Crippen molar-refractivity contribution in [3.05, 3.63) is 70.9 Å². The average Bonchev–Trinajstić information content (AvgIpc) is 2.90. The van der Waals surface area contributed by atoms with Gasteiger partial charge in [0.15, 0.2) is 6.10 Å². The van der Waals surface area contributed by atoms with Gasteiger partial charge >= 0.3 is 5.97 Å². The Morgan fingerprint density at radius 2 is 1.78 bits per heavy atom. The number of halogens is 2. The first-order valence-electron chi connectivity index (χ1n) is 12.3. The molecule has 7 heteroatoms. The number of carbonyl (C=O) groups is 1. The maximum Gasteiger partial charge on any atom is 0.339 e. The number of alkyl halides is 2. The molecule has 1 aromatic heterocycles. The zero-order valence-corrected chi connectivity index (χ0v) is 24.5. The highest BCUT2D eigenvalue weighted by molar-refractivity contribution is 9.09. The smallest absolute Gasteiger partial charge is 0.339 e. The summed E-state index contributed by atoms with van der Waals surface area (Å²) < 4.78 is 17.8. The van der Waals surface area contributed by atoms with Crippen LogP contribution in [0.2, 0.25) is 0 Å². The number of hydrogen-bond donors (Lipinski definition) is 0. The molecule has 3 aromatic carbocycles. The summed E-state index contributed by atoms with van der Waals surface area (Å²) in [4.78, 5) is 18.2. The van der Waals surface area contributed by atoms with Gasteiger partial charge < -0.3 is 14.2 Å². The number of fused-ring (bicyclic) bond motifs is 1. The second-order valence-corrected chi connectivity index (χ2v) is 11.2. The summed E-state index contributed by atoms with van der Waals surface area (Å²) in [6.45, 7) is 6.50. The Morgan fingerprint density at radius 3 is 2.46 bits per heavy atom. The molecule has 0 N–H and O–H groups in total. The summed E-state index contributed by atoms with van der Waals surface area (Å²) in [7, 11) is 1.41. The van der Waals surface area contributed by atoms with Crippen LogP contribution in [0.15, 0.2) is 48.7 Å². The molecule has 0 spiro atoms. The number of rotatable bonds is 6. The number of aromatic nitrogens is 1. The second kappa shape index (κ2) is 10.4. The summed E-state index contributed by atoms with van der Waals surface area (Å²) in [5.74, 6) is 0.403. The van der Waals surface area contributed by atoms with Gasteiger partial charge in [0.05, 0.1) is 24.8 Å². The van der Waals surface area contributed by atoms with E-state index >= 15 is 0 Å². The van der Waals surface area contributed by atoms with Crippen molar-refractivity contribution in [1.29, 1.82) is 0 Å². The van der Waals surface area contributed by atoms with Crippen LogP contribution < -0.4 is 4.74 Å². The standard InChI is InChI=1S/C30H29Br2NO4/c1-30(2,3)37-28(29(34)35-4)26-22(16-32)21(15-31)18-7-5-6-8-19(18)25(26)20-9-10-23-24-17(12-14-36-23)11-13-33-27(20)24/h5-11,13,28H,12,14-16H2,1-4H3. The van der Waals surface area contributed by atoms with Gasteiger partial charge in [0.2, 0.25) is 0 Å². The third-order valence-electron chi connectivity index (χ3n) is 6.73. The molecule has 0 radical (unpaired) electrons. The number of benzene rings is 3. The quantitative estimate of drug-likeness (QED) is 0.161. The van der Waals surface area contributed by atoms with E-state index in [1.807, 2.05) is 45.2 Å². The van der Waals surface area contributed by atoms with Crippen molar-refractivity contribution >= 4 is 59.5 Å². The van der Waals surface area contributed by atoms with E-state index in [4.69, 9.17) is 19.2 Å². The minimum Gasteiger partial charge on any atom is -0.493 e. The highest BCUT2D eigenvalue weighted by Gasteiger charge is 2.35. The van der Waals surface area contributed by atoms with Gasteiger partial charge in [0.1, 0.15) is 5.75 Å². The molecule has 1 aliphatic heterocycles. The summed E-state index contributed by atoms with van der Waals surface area (Å²) in [5, 5.41) is 4.34. The molecule has 4 aromatic rings. The van der Waals surface area contributed by atoms with Crippen molar-refractivity contribution in [3.8, 4) is 16.9 Å². The Hall–Kier alpha value is -2.48. The molecule has 5 nitrogen and oxygen atoms in total. The van der Waals surface area contributed by atoms with E-state index in [1.165, 1.54) is 12.7 Å². The third-order valence-corrected chi connectivity index (χ3v) is 7.86. The van der Waals surface area contributed by atoms with Crippen LogP contribution in [0.3, 0.4) is 0 Å². The SMILES string of the molecule is COC(=O)C(OC(C)(C)C)c1c(CBr)c(CBr)c2ccccc2c1-c1ccc2c3c(ccnc13)CCO2. The molecule has 0 bridgehead atoms. The lowest BCUT2D eigenvalue weighted by molar-refractivity contribution is -0.164. The number of ether oxygens (including phenoxy) is 3. The lowest BCUT2D eigenvalue weighted by Crippen LogP contribution is -2.29. The molecule has 2 heterocycles. The average molecular weight is 627 g/mol. The van der Waals surface area contributed by atoms with Crippen molar-refractivity contribution in [2.75, 3.05) is 13.7 Å². The van der Waals surface area contributed by atoms with E-state index in [-0.39, 0.29) is 0 Å². The van der Waals surface area contributed by atoms with Crippen LogP contribution in [0.5, 0.6) is 5.75 Å². The summed E-state index contributed by atoms with van der Waals surface area (Å²) >= 11 is 7.46. The third kappa shape index (κ3) is 4.66. The number of methoxy groups -OCH3 is 1. The molecule has 5 rings (SSSR count). The largest absolute Gasteiger partial charge is 0.493 e. The molecule has 0 saturated heterocycles. The van der Waals surface area contributed by atoms with Crippen molar-refractivity contribution in [2.45, 2.75) is 49.6 Å². The van der Waals surface area contributed by atoms with Gasteiger partial charge in [-0.25, -0.2) is 4.79 Å². The van der Waals surface area contributed by atoms with E-state index < -0.39 is 17.7 Å². The van der Waals surface area contributed by atoms with Crippen LogP contribution in [-0.2, 0) is 31.3 Å². The van der Waals surface area contributed by atoms with E-state index in [2.05, 4.69) is 56.1 Å². The van der Waals surface area contributed by atoms with Crippen LogP contribution in [0.1, 0.15) is 49.1 Å². The van der Waals surface area contributed by atoms with Crippen LogP contribution in [0.4, 0.5) is 0 Å². The molecule has 37 heavy (non-hydrogen) atoms. The monoisotopic (exact) mass is 625 g/mol. The molecule has 0 saturated carbocycles. The first-order chi connectivity index (χ1) is 17.8. The van der Waals surface area contributed by atoms with Crippen molar-refractivity contribution in [2.24, 2.45) is 0 Å². The molecule has 1 atom stereocenters. The van der Waals surface area contributed by atoms with E-state index in [9.17, 15) is 4.79 Å². The number of nitrogens with zero attached hydrogens (tertiary/aromatic N) is 1. The maximum atomic E-state index is 13.4. The van der Waals surface area contributed by atoms with E-state index in [0.29, 0.717) is 17.3 Å². The molecule has 1 unspecified atom stereocenters. The lowest BCUT2D eigenvalue weighted by Gasteiger charge is -2.31. The zero-order chi connectivity index (χ0) is 26.3.